The van der Waals surface area contributed by atoms with E-state index in [2.05, 4.69) is 10.2 Å². The van der Waals surface area contributed by atoms with Gasteiger partial charge in [-0.2, -0.15) is 0 Å². The van der Waals surface area contributed by atoms with Crippen LogP contribution in [0.3, 0.4) is 0 Å². The number of nitrogens with zero attached hydrogens (tertiary/aromatic N) is 1. The molecule has 0 bridgehead atoms. The number of urea groups is 1. The van der Waals surface area contributed by atoms with E-state index >= 15 is 0 Å². The van der Waals surface area contributed by atoms with Gasteiger partial charge in [0.05, 0.1) is 12.6 Å². The molecule has 0 aromatic carbocycles. The Kier molecular flexibility index (Phi) is 4.62. The predicted molar refractivity (Wildman–Crippen MR) is 65.3 cm³/mol. The van der Waals surface area contributed by atoms with Crippen molar-refractivity contribution in [1.82, 2.24) is 10.2 Å². The predicted octanol–water partition coefficient (Wildman–Crippen LogP) is 1.38. The Labute approximate surface area is 103 Å². The topological polar surface area (TPSA) is 67.6 Å². The number of amides is 2. The third-order valence-electron chi connectivity index (χ3n) is 3.86. The van der Waals surface area contributed by atoms with Crippen molar-refractivity contribution in [2.24, 2.45) is 5.90 Å². The summed E-state index contributed by atoms with van der Waals surface area (Å²) in [5, 5.41) is 3.14. The number of hydrogen-bond acceptors (Lipinski definition) is 3. The maximum absolute atomic E-state index is 12.1. The van der Waals surface area contributed by atoms with E-state index in [-0.39, 0.29) is 12.1 Å². The molecule has 0 radical (unpaired) electrons. The van der Waals surface area contributed by atoms with E-state index in [0.717, 1.165) is 32.2 Å². The van der Waals surface area contributed by atoms with Crippen LogP contribution >= 0.6 is 0 Å². The van der Waals surface area contributed by atoms with E-state index in [1.54, 1.807) is 0 Å². The summed E-state index contributed by atoms with van der Waals surface area (Å²) in [7, 11) is 0. The molecule has 0 spiro atoms. The first-order valence-corrected chi connectivity index (χ1v) is 6.70. The third kappa shape index (κ3) is 3.33. The molecule has 1 heterocycles. The molecule has 2 fully saturated rings. The summed E-state index contributed by atoms with van der Waals surface area (Å²) < 4.78 is 0. The van der Waals surface area contributed by atoms with Gasteiger partial charge in [-0.25, -0.2) is 10.7 Å². The Hall–Kier alpha value is -0.810. The molecule has 1 atom stereocenters. The van der Waals surface area contributed by atoms with Gasteiger partial charge >= 0.3 is 6.03 Å². The van der Waals surface area contributed by atoms with Crippen LogP contribution in [0.5, 0.6) is 0 Å². The molecule has 1 aliphatic carbocycles. The van der Waals surface area contributed by atoms with E-state index in [0.29, 0.717) is 12.6 Å². The quantitative estimate of drug-likeness (QED) is 0.734. The van der Waals surface area contributed by atoms with Crippen molar-refractivity contribution in [2.45, 2.75) is 57.0 Å². The number of rotatable bonds is 3. The average molecular weight is 241 g/mol. The normalized spacial score (nSPS) is 26.2. The van der Waals surface area contributed by atoms with Gasteiger partial charge in [0, 0.05) is 12.6 Å². The molecule has 1 unspecified atom stereocenters. The highest BCUT2D eigenvalue weighted by molar-refractivity contribution is 5.75. The number of likely N-dealkylation sites (tertiary alicyclic amines) is 1. The van der Waals surface area contributed by atoms with Gasteiger partial charge in [-0.1, -0.05) is 19.3 Å². The van der Waals surface area contributed by atoms with E-state index in [1.807, 2.05) is 4.90 Å². The molecule has 1 saturated heterocycles. The van der Waals surface area contributed by atoms with Gasteiger partial charge in [-0.15, -0.1) is 0 Å². The molecule has 1 aliphatic heterocycles. The third-order valence-corrected chi connectivity index (χ3v) is 3.86. The lowest BCUT2D eigenvalue weighted by Gasteiger charge is -2.29. The molecule has 3 N–H and O–H groups in total. The smallest absolute Gasteiger partial charge is 0.317 e. The summed E-state index contributed by atoms with van der Waals surface area (Å²) in [5.41, 5.74) is 0. The van der Waals surface area contributed by atoms with E-state index in [4.69, 9.17) is 5.90 Å². The minimum absolute atomic E-state index is 0.0662. The summed E-state index contributed by atoms with van der Waals surface area (Å²) in [4.78, 5) is 18.7. The molecule has 5 nitrogen and oxygen atoms in total. The molecule has 0 aromatic heterocycles. The molecular weight excluding hydrogens is 218 g/mol. The second-order valence-corrected chi connectivity index (χ2v) is 5.11. The van der Waals surface area contributed by atoms with Gasteiger partial charge < -0.3 is 15.1 Å². The van der Waals surface area contributed by atoms with Crippen LogP contribution < -0.4 is 11.2 Å². The van der Waals surface area contributed by atoms with Gasteiger partial charge in [0.2, 0.25) is 0 Å². The highest BCUT2D eigenvalue weighted by atomic mass is 16.6. The number of nitrogens with one attached hydrogen (secondary N) is 1. The first-order valence-electron chi connectivity index (χ1n) is 6.70. The van der Waals surface area contributed by atoms with Crippen molar-refractivity contribution in [1.29, 1.82) is 0 Å². The van der Waals surface area contributed by atoms with Crippen molar-refractivity contribution >= 4 is 6.03 Å². The minimum atomic E-state index is 0.0662. The second-order valence-electron chi connectivity index (χ2n) is 5.11. The molecule has 98 valence electrons. The molecule has 2 amide bonds. The zero-order chi connectivity index (χ0) is 12.1. The number of carbonyl (C=O) groups is 1. The Bertz CT molecular complexity index is 254. The van der Waals surface area contributed by atoms with Crippen LogP contribution in [-0.2, 0) is 4.84 Å². The Morgan fingerprint density at radius 2 is 2.00 bits per heavy atom. The Morgan fingerprint density at radius 1 is 1.24 bits per heavy atom. The van der Waals surface area contributed by atoms with E-state index < -0.39 is 0 Å². The fraction of sp³-hybridized carbons (Fsp3) is 0.917. The maximum atomic E-state index is 12.1. The monoisotopic (exact) mass is 241 g/mol. The van der Waals surface area contributed by atoms with Crippen LogP contribution in [-0.4, -0.2) is 36.2 Å². The SMILES string of the molecule is NOCC1CCCN1C(=O)NC1CCCCC1. The fourth-order valence-corrected chi connectivity index (χ4v) is 2.89. The maximum Gasteiger partial charge on any atom is 0.317 e. The molecule has 5 heteroatoms. The molecule has 17 heavy (non-hydrogen) atoms. The molecular formula is C12H23N3O2. The summed E-state index contributed by atoms with van der Waals surface area (Å²) in [5.74, 6) is 5.10. The lowest BCUT2D eigenvalue weighted by Crippen LogP contribution is -2.48. The largest absolute Gasteiger partial charge is 0.335 e. The Morgan fingerprint density at radius 3 is 2.71 bits per heavy atom. The van der Waals surface area contributed by atoms with Gasteiger partial charge in [0.15, 0.2) is 0 Å². The van der Waals surface area contributed by atoms with Crippen LogP contribution in [0.25, 0.3) is 0 Å². The van der Waals surface area contributed by atoms with Crippen molar-refractivity contribution in [3.05, 3.63) is 0 Å². The van der Waals surface area contributed by atoms with Crippen molar-refractivity contribution in [2.75, 3.05) is 13.2 Å². The second kappa shape index (κ2) is 6.21. The molecule has 1 saturated carbocycles. The van der Waals surface area contributed by atoms with Crippen LogP contribution in [0, 0.1) is 0 Å². The first-order chi connectivity index (χ1) is 8.31. The Balaban J connectivity index is 1.81. The minimum Gasteiger partial charge on any atom is -0.335 e. The lowest BCUT2D eigenvalue weighted by atomic mass is 9.96. The van der Waals surface area contributed by atoms with Crippen LogP contribution in [0.2, 0.25) is 0 Å². The van der Waals surface area contributed by atoms with E-state index in [1.165, 1.54) is 19.3 Å². The highest BCUT2D eigenvalue weighted by Gasteiger charge is 2.30. The number of nitrogens with two attached hydrogens (primary N) is 1. The lowest BCUT2D eigenvalue weighted by molar-refractivity contribution is 0.0858. The van der Waals surface area contributed by atoms with E-state index in [9.17, 15) is 4.79 Å². The molecule has 2 aliphatic rings. The summed E-state index contributed by atoms with van der Waals surface area (Å²) in [6.45, 7) is 1.27. The first kappa shape index (κ1) is 12.6. The summed E-state index contributed by atoms with van der Waals surface area (Å²) in [6, 6.07) is 0.594. The van der Waals surface area contributed by atoms with Crippen LogP contribution in [0.1, 0.15) is 44.9 Å². The van der Waals surface area contributed by atoms with Gasteiger partial charge in [-0.3, -0.25) is 0 Å². The molecule has 2 rings (SSSR count). The van der Waals surface area contributed by atoms with Crippen LogP contribution in [0.15, 0.2) is 0 Å². The van der Waals surface area contributed by atoms with Gasteiger partial charge in [0.25, 0.3) is 0 Å². The zero-order valence-electron chi connectivity index (χ0n) is 10.4. The van der Waals surface area contributed by atoms with Crippen molar-refractivity contribution in [3.8, 4) is 0 Å². The number of carbonyl (C=O) groups excluding carboxylic acids is 1. The summed E-state index contributed by atoms with van der Waals surface area (Å²) in [6.07, 6.45) is 8.07. The standard InChI is InChI=1S/C12H23N3O2/c13-17-9-11-7-4-8-15(11)12(16)14-10-5-2-1-3-6-10/h10-11H,1-9,13H2,(H,14,16). The highest BCUT2D eigenvalue weighted by Crippen LogP contribution is 2.20. The fourth-order valence-electron chi connectivity index (χ4n) is 2.89. The number of hydrogen-bond donors (Lipinski definition) is 2. The van der Waals surface area contributed by atoms with Gasteiger partial charge in [0.1, 0.15) is 0 Å². The zero-order valence-corrected chi connectivity index (χ0v) is 10.4. The van der Waals surface area contributed by atoms with Gasteiger partial charge in [-0.05, 0) is 25.7 Å². The van der Waals surface area contributed by atoms with Crippen molar-refractivity contribution in [3.63, 3.8) is 0 Å². The average Bonchev–Trinajstić information content (AvgIpc) is 2.79. The van der Waals surface area contributed by atoms with Crippen molar-refractivity contribution < 1.29 is 9.63 Å². The van der Waals surface area contributed by atoms with Crippen LogP contribution in [0.4, 0.5) is 4.79 Å². The molecule has 0 aromatic rings. The summed E-state index contributed by atoms with van der Waals surface area (Å²) >= 11 is 0.